The minimum Gasteiger partial charge on any atom is -0.338 e. The summed E-state index contributed by atoms with van der Waals surface area (Å²) in [7, 11) is 0. The van der Waals surface area contributed by atoms with Crippen molar-refractivity contribution in [2.75, 3.05) is 5.32 Å². The third kappa shape index (κ3) is 4.55. The van der Waals surface area contributed by atoms with Crippen molar-refractivity contribution in [3.05, 3.63) is 46.0 Å². The van der Waals surface area contributed by atoms with E-state index in [0.29, 0.717) is 9.09 Å². The van der Waals surface area contributed by atoms with Crippen LogP contribution in [0.25, 0.3) is 10.9 Å². The van der Waals surface area contributed by atoms with E-state index >= 15 is 0 Å². The predicted octanol–water partition coefficient (Wildman–Crippen LogP) is 3.53. The molecule has 0 aliphatic rings. The normalized spacial score (nSPS) is 12.6. The average Bonchev–Trinajstić information content (AvgIpc) is 3.02. The number of aromatic nitrogens is 3. The zero-order valence-corrected chi connectivity index (χ0v) is 16.7. The van der Waals surface area contributed by atoms with Gasteiger partial charge in [0.15, 0.2) is 3.95 Å². The molecule has 140 valence electrons. The molecule has 3 rings (SSSR count). The standard InChI is InChI=1S/C18H19N5O2S2/c1-18(2,3)13(15(25)21-16-22-23-17(26)27-16)20-14(24)12-9-8-10-6-4-5-7-11(10)19-12/h4-9,13H,1-3H3,(H,20,24)(H,23,26)(H,21,22,25)/t13-/m1/s1. The zero-order chi connectivity index (χ0) is 19.6. The Balaban J connectivity index is 1.81. The number of benzene rings is 1. The number of fused-ring (bicyclic) bond motifs is 1. The monoisotopic (exact) mass is 401 g/mol. The fraction of sp³-hybridized carbons (Fsp3) is 0.278. The van der Waals surface area contributed by atoms with Crippen LogP contribution in [0.1, 0.15) is 31.3 Å². The third-order valence-corrected chi connectivity index (χ3v) is 4.91. The molecule has 1 atom stereocenters. The number of para-hydroxylation sites is 1. The molecule has 9 heteroatoms. The smallest absolute Gasteiger partial charge is 0.270 e. The minimum absolute atomic E-state index is 0.256. The lowest BCUT2D eigenvalue weighted by Crippen LogP contribution is -2.51. The van der Waals surface area contributed by atoms with Gasteiger partial charge in [0.1, 0.15) is 11.7 Å². The quantitative estimate of drug-likeness (QED) is 0.581. The lowest BCUT2D eigenvalue weighted by Gasteiger charge is -2.29. The van der Waals surface area contributed by atoms with Crippen molar-refractivity contribution in [1.29, 1.82) is 0 Å². The summed E-state index contributed by atoms with van der Waals surface area (Å²) >= 11 is 6.12. The third-order valence-electron chi connectivity index (χ3n) is 3.90. The highest BCUT2D eigenvalue weighted by atomic mass is 32.1. The van der Waals surface area contributed by atoms with Crippen LogP contribution in [0.15, 0.2) is 36.4 Å². The summed E-state index contributed by atoms with van der Waals surface area (Å²) in [6.07, 6.45) is 0. The van der Waals surface area contributed by atoms with E-state index in [0.717, 1.165) is 22.2 Å². The first-order chi connectivity index (χ1) is 12.7. The molecule has 0 fully saturated rings. The second-order valence-electron chi connectivity index (χ2n) is 7.07. The number of aromatic amines is 1. The Bertz CT molecular complexity index is 1050. The molecule has 0 bridgehead atoms. The summed E-state index contributed by atoms with van der Waals surface area (Å²) in [4.78, 5) is 29.8. The van der Waals surface area contributed by atoms with Gasteiger partial charge in [-0.15, -0.1) is 5.10 Å². The number of rotatable bonds is 4. The number of nitrogens with one attached hydrogen (secondary N) is 3. The van der Waals surface area contributed by atoms with Crippen LogP contribution in [0.3, 0.4) is 0 Å². The van der Waals surface area contributed by atoms with E-state index in [1.165, 1.54) is 0 Å². The van der Waals surface area contributed by atoms with Crippen LogP contribution in [0.5, 0.6) is 0 Å². The Kier molecular flexibility index (Phi) is 5.33. The van der Waals surface area contributed by atoms with Crippen molar-refractivity contribution in [2.24, 2.45) is 5.41 Å². The number of nitrogens with zero attached hydrogens (tertiary/aromatic N) is 2. The molecule has 0 aliphatic carbocycles. The second-order valence-corrected chi connectivity index (χ2v) is 8.73. The second kappa shape index (κ2) is 7.53. The van der Waals surface area contributed by atoms with Gasteiger partial charge < -0.3 is 5.32 Å². The molecule has 0 aliphatic heterocycles. The molecule has 0 saturated heterocycles. The van der Waals surface area contributed by atoms with Gasteiger partial charge in [0, 0.05) is 5.39 Å². The zero-order valence-electron chi connectivity index (χ0n) is 15.1. The average molecular weight is 402 g/mol. The van der Waals surface area contributed by atoms with E-state index in [4.69, 9.17) is 12.2 Å². The number of anilines is 1. The van der Waals surface area contributed by atoms with Crippen molar-refractivity contribution in [2.45, 2.75) is 26.8 Å². The van der Waals surface area contributed by atoms with Gasteiger partial charge in [-0.3, -0.25) is 20.0 Å². The minimum atomic E-state index is -0.782. The summed E-state index contributed by atoms with van der Waals surface area (Å²) in [6, 6.07) is 10.2. The molecule has 3 aromatic rings. The molecular formula is C18H19N5O2S2. The van der Waals surface area contributed by atoms with Gasteiger partial charge in [-0.05, 0) is 29.8 Å². The van der Waals surface area contributed by atoms with Crippen molar-refractivity contribution < 1.29 is 9.59 Å². The molecular weight excluding hydrogens is 382 g/mol. The van der Waals surface area contributed by atoms with Crippen LogP contribution in [-0.4, -0.2) is 33.0 Å². The molecule has 0 saturated carbocycles. The molecule has 0 radical (unpaired) electrons. The Morgan fingerprint density at radius 1 is 1.19 bits per heavy atom. The molecule has 2 heterocycles. The fourth-order valence-corrected chi connectivity index (χ4v) is 3.33. The van der Waals surface area contributed by atoms with Crippen molar-refractivity contribution in [1.82, 2.24) is 20.5 Å². The SMILES string of the molecule is CC(C)(C)[C@H](NC(=O)c1ccc2ccccc2n1)C(=O)Nc1n[nH]c(=S)s1. The van der Waals surface area contributed by atoms with Gasteiger partial charge in [0.25, 0.3) is 5.91 Å². The summed E-state index contributed by atoms with van der Waals surface area (Å²) in [5.74, 6) is -0.778. The van der Waals surface area contributed by atoms with Crippen LogP contribution < -0.4 is 10.6 Å². The van der Waals surface area contributed by atoms with E-state index < -0.39 is 17.4 Å². The first kappa shape index (κ1) is 19.1. The molecule has 1 aromatic carbocycles. The van der Waals surface area contributed by atoms with Gasteiger partial charge >= 0.3 is 0 Å². The number of pyridine rings is 1. The van der Waals surface area contributed by atoms with E-state index in [-0.39, 0.29) is 11.6 Å². The number of H-pyrrole nitrogens is 1. The first-order valence-electron chi connectivity index (χ1n) is 8.27. The van der Waals surface area contributed by atoms with Gasteiger partial charge in [0.05, 0.1) is 5.52 Å². The van der Waals surface area contributed by atoms with Gasteiger partial charge in [-0.2, -0.15) is 0 Å². The lowest BCUT2D eigenvalue weighted by atomic mass is 9.86. The summed E-state index contributed by atoms with van der Waals surface area (Å²) in [5.41, 5.74) is 0.457. The number of hydrogen-bond donors (Lipinski definition) is 3. The maximum atomic E-state index is 12.7. The van der Waals surface area contributed by atoms with Crippen LogP contribution in [0, 0.1) is 9.37 Å². The highest BCUT2D eigenvalue weighted by Crippen LogP contribution is 2.22. The Labute approximate surface area is 165 Å². The van der Waals surface area contributed by atoms with E-state index in [1.54, 1.807) is 6.07 Å². The van der Waals surface area contributed by atoms with Crippen LogP contribution in [-0.2, 0) is 4.79 Å². The summed E-state index contributed by atoms with van der Waals surface area (Å²) < 4.78 is 0.460. The fourth-order valence-electron chi connectivity index (χ4n) is 2.53. The van der Waals surface area contributed by atoms with Gasteiger partial charge in [-0.25, -0.2) is 4.98 Å². The maximum Gasteiger partial charge on any atom is 0.270 e. The molecule has 0 spiro atoms. The number of hydrogen-bond acceptors (Lipinski definition) is 6. The molecule has 7 nitrogen and oxygen atoms in total. The Morgan fingerprint density at radius 2 is 1.93 bits per heavy atom. The van der Waals surface area contributed by atoms with E-state index in [1.807, 2.05) is 51.1 Å². The lowest BCUT2D eigenvalue weighted by molar-refractivity contribution is -0.120. The van der Waals surface area contributed by atoms with Crippen LogP contribution in [0.4, 0.5) is 5.13 Å². The summed E-state index contributed by atoms with van der Waals surface area (Å²) in [5, 5.41) is 13.3. The maximum absolute atomic E-state index is 12.7. The molecule has 2 amide bonds. The molecule has 3 N–H and O–H groups in total. The number of carbonyl (C=O) groups excluding carboxylic acids is 2. The number of amides is 2. The molecule has 2 aromatic heterocycles. The van der Waals surface area contributed by atoms with Crippen LogP contribution >= 0.6 is 23.6 Å². The van der Waals surface area contributed by atoms with Crippen molar-refractivity contribution in [3.8, 4) is 0 Å². The first-order valence-corrected chi connectivity index (χ1v) is 9.49. The van der Waals surface area contributed by atoms with E-state index in [2.05, 4.69) is 25.8 Å². The highest BCUT2D eigenvalue weighted by Gasteiger charge is 2.33. The largest absolute Gasteiger partial charge is 0.338 e. The molecule has 27 heavy (non-hydrogen) atoms. The Morgan fingerprint density at radius 3 is 2.59 bits per heavy atom. The van der Waals surface area contributed by atoms with Crippen molar-refractivity contribution >= 4 is 51.4 Å². The predicted molar refractivity (Wildman–Crippen MR) is 108 cm³/mol. The topological polar surface area (TPSA) is 99.8 Å². The van der Waals surface area contributed by atoms with Crippen LogP contribution in [0.2, 0.25) is 0 Å². The summed E-state index contributed by atoms with van der Waals surface area (Å²) in [6.45, 7) is 5.62. The van der Waals surface area contributed by atoms with Crippen molar-refractivity contribution in [3.63, 3.8) is 0 Å². The van der Waals surface area contributed by atoms with E-state index in [9.17, 15) is 9.59 Å². The number of carbonyl (C=O) groups is 2. The Hall–Kier alpha value is -2.65. The van der Waals surface area contributed by atoms with Gasteiger partial charge in [0.2, 0.25) is 11.0 Å². The highest BCUT2D eigenvalue weighted by molar-refractivity contribution is 7.73. The molecule has 0 unspecified atom stereocenters. The van der Waals surface area contributed by atoms with Gasteiger partial charge in [-0.1, -0.05) is 56.4 Å².